The van der Waals surface area contributed by atoms with Gasteiger partial charge in [-0.15, -0.1) is 0 Å². The lowest BCUT2D eigenvalue weighted by Crippen LogP contribution is -2.12. The number of amides is 1. The SMILES string of the molecule is Cc1ccc(Cl)c(NC(=O)c2ccc(CN)o2)c1Cl. The van der Waals surface area contributed by atoms with Gasteiger partial charge in [0.05, 0.1) is 22.3 Å². The maximum absolute atomic E-state index is 12.0. The minimum Gasteiger partial charge on any atom is -0.455 e. The van der Waals surface area contributed by atoms with Crippen LogP contribution in [0.4, 0.5) is 5.69 Å². The maximum Gasteiger partial charge on any atom is 0.291 e. The number of hydrogen-bond donors (Lipinski definition) is 2. The molecule has 1 heterocycles. The second kappa shape index (κ2) is 5.65. The third-order valence-corrected chi connectivity index (χ3v) is 3.41. The summed E-state index contributed by atoms with van der Waals surface area (Å²) in [5.74, 6) is 0.273. The molecule has 2 aromatic rings. The number of carbonyl (C=O) groups is 1. The van der Waals surface area contributed by atoms with Crippen molar-refractivity contribution in [2.45, 2.75) is 13.5 Å². The van der Waals surface area contributed by atoms with Gasteiger partial charge in [-0.05, 0) is 30.7 Å². The smallest absolute Gasteiger partial charge is 0.291 e. The average molecular weight is 299 g/mol. The Balaban J connectivity index is 2.26. The molecule has 0 aliphatic carbocycles. The molecule has 19 heavy (non-hydrogen) atoms. The first-order chi connectivity index (χ1) is 9.02. The zero-order valence-corrected chi connectivity index (χ0v) is 11.7. The van der Waals surface area contributed by atoms with Crippen LogP contribution in [0.15, 0.2) is 28.7 Å². The van der Waals surface area contributed by atoms with Crippen molar-refractivity contribution in [3.05, 3.63) is 51.4 Å². The van der Waals surface area contributed by atoms with E-state index in [4.69, 9.17) is 33.4 Å². The van der Waals surface area contributed by atoms with Crippen molar-refractivity contribution in [3.8, 4) is 0 Å². The molecule has 0 fully saturated rings. The number of rotatable bonds is 3. The van der Waals surface area contributed by atoms with Crippen LogP contribution in [0.3, 0.4) is 0 Å². The van der Waals surface area contributed by atoms with Gasteiger partial charge in [-0.2, -0.15) is 0 Å². The number of nitrogens with two attached hydrogens (primary N) is 1. The Morgan fingerprint density at radius 1 is 1.32 bits per heavy atom. The second-order valence-corrected chi connectivity index (χ2v) is 4.76. The highest BCUT2D eigenvalue weighted by Gasteiger charge is 2.15. The summed E-state index contributed by atoms with van der Waals surface area (Å²) in [5.41, 5.74) is 6.61. The first-order valence-electron chi connectivity index (χ1n) is 5.57. The van der Waals surface area contributed by atoms with Gasteiger partial charge in [-0.1, -0.05) is 29.3 Å². The highest BCUT2D eigenvalue weighted by atomic mass is 35.5. The molecular formula is C13H12Cl2N2O2. The monoisotopic (exact) mass is 298 g/mol. The molecule has 0 spiro atoms. The Morgan fingerprint density at radius 2 is 2.05 bits per heavy atom. The summed E-state index contributed by atoms with van der Waals surface area (Å²) in [4.78, 5) is 12.0. The average Bonchev–Trinajstić information content (AvgIpc) is 2.88. The van der Waals surface area contributed by atoms with Gasteiger partial charge >= 0.3 is 0 Å². The van der Waals surface area contributed by atoms with E-state index >= 15 is 0 Å². The molecule has 0 aliphatic heterocycles. The lowest BCUT2D eigenvalue weighted by molar-refractivity contribution is 0.0995. The highest BCUT2D eigenvalue weighted by molar-refractivity contribution is 6.40. The first-order valence-corrected chi connectivity index (χ1v) is 6.33. The summed E-state index contributed by atoms with van der Waals surface area (Å²) < 4.78 is 5.25. The summed E-state index contributed by atoms with van der Waals surface area (Å²) in [6.45, 7) is 2.06. The van der Waals surface area contributed by atoms with Crippen LogP contribution in [0.25, 0.3) is 0 Å². The van der Waals surface area contributed by atoms with Crippen LogP contribution >= 0.6 is 23.2 Å². The lowest BCUT2D eigenvalue weighted by atomic mass is 10.2. The number of halogens is 2. The van der Waals surface area contributed by atoms with Crippen LogP contribution in [0.5, 0.6) is 0 Å². The van der Waals surface area contributed by atoms with E-state index in [1.54, 1.807) is 24.3 Å². The van der Waals surface area contributed by atoms with Gasteiger partial charge in [0.2, 0.25) is 0 Å². The van der Waals surface area contributed by atoms with E-state index in [-0.39, 0.29) is 12.3 Å². The fourth-order valence-corrected chi connectivity index (χ4v) is 2.02. The van der Waals surface area contributed by atoms with Gasteiger partial charge in [0.25, 0.3) is 5.91 Å². The van der Waals surface area contributed by atoms with Crippen molar-refractivity contribution in [1.29, 1.82) is 0 Å². The van der Waals surface area contributed by atoms with Gasteiger partial charge in [0.1, 0.15) is 5.76 Å². The quantitative estimate of drug-likeness (QED) is 0.909. The summed E-state index contributed by atoms with van der Waals surface area (Å²) in [6, 6.07) is 6.65. The van der Waals surface area contributed by atoms with Crippen molar-refractivity contribution in [2.24, 2.45) is 5.73 Å². The fraction of sp³-hybridized carbons (Fsp3) is 0.154. The van der Waals surface area contributed by atoms with E-state index in [0.29, 0.717) is 21.5 Å². The number of furan rings is 1. The Labute approximate surface area is 120 Å². The van der Waals surface area contributed by atoms with Crippen molar-refractivity contribution in [1.82, 2.24) is 0 Å². The number of anilines is 1. The van der Waals surface area contributed by atoms with Gasteiger partial charge in [0.15, 0.2) is 5.76 Å². The number of benzene rings is 1. The molecule has 2 rings (SSSR count). The summed E-state index contributed by atoms with van der Waals surface area (Å²) in [5, 5.41) is 3.41. The zero-order valence-electron chi connectivity index (χ0n) is 10.2. The molecule has 4 nitrogen and oxygen atoms in total. The van der Waals surface area contributed by atoms with E-state index in [2.05, 4.69) is 5.32 Å². The molecule has 3 N–H and O–H groups in total. The molecule has 1 amide bonds. The minimum atomic E-state index is -0.422. The molecule has 0 radical (unpaired) electrons. The second-order valence-electron chi connectivity index (χ2n) is 3.98. The highest BCUT2D eigenvalue weighted by Crippen LogP contribution is 2.33. The van der Waals surface area contributed by atoms with Crippen molar-refractivity contribution in [2.75, 3.05) is 5.32 Å². The van der Waals surface area contributed by atoms with Gasteiger partial charge in [-0.3, -0.25) is 4.79 Å². The molecule has 0 atom stereocenters. The van der Waals surface area contributed by atoms with E-state index in [1.165, 1.54) is 0 Å². The summed E-state index contributed by atoms with van der Waals surface area (Å²) in [7, 11) is 0. The molecule has 100 valence electrons. The molecule has 1 aromatic heterocycles. The number of hydrogen-bond acceptors (Lipinski definition) is 3. The third-order valence-electron chi connectivity index (χ3n) is 2.61. The first kappa shape index (κ1) is 13.9. The molecule has 1 aromatic carbocycles. The van der Waals surface area contributed by atoms with Crippen LogP contribution in [-0.4, -0.2) is 5.91 Å². The molecule has 0 bridgehead atoms. The number of nitrogens with one attached hydrogen (secondary N) is 1. The standard InChI is InChI=1S/C13H12Cl2N2O2/c1-7-2-4-9(14)12(11(7)15)17-13(18)10-5-3-8(6-16)19-10/h2-5H,6,16H2,1H3,(H,17,18). The van der Waals surface area contributed by atoms with E-state index in [9.17, 15) is 4.79 Å². The van der Waals surface area contributed by atoms with Crippen molar-refractivity contribution >= 4 is 34.8 Å². The van der Waals surface area contributed by atoms with E-state index in [1.807, 2.05) is 6.92 Å². The summed E-state index contributed by atoms with van der Waals surface area (Å²) >= 11 is 12.1. The van der Waals surface area contributed by atoms with Gasteiger partial charge < -0.3 is 15.5 Å². The molecule has 0 saturated heterocycles. The fourth-order valence-electron chi connectivity index (χ4n) is 1.56. The Bertz CT molecular complexity index is 623. The number of aryl methyl sites for hydroxylation is 1. The third kappa shape index (κ3) is 2.92. The van der Waals surface area contributed by atoms with Crippen molar-refractivity contribution in [3.63, 3.8) is 0 Å². The molecule has 0 aliphatic rings. The maximum atomic E-state index is 12.0. The van der Waals surface area contributed by atoms with Crippen LogP contribution < -0.4 is 11.1 Å². The lowest BCUT2D eigenvalue weighted by Gasteiger charge is -2.09. The van der Waals surface area contributed by atoms with E-state index in [0.717, 1.165) is 5.56 Å². The predicted molar refractivity (Wildman–Crippen MR) is 75.8 cm³/mol. The molecule has 0 unspecified atom stereocenters. The predicted octanol–water partition coefficient (Wildman–Crippen LogP) is 3.61. The molecular weight excluding hydrogens is 287 g/mol. The van der Waals surface area contributed by atoms with Gasteiger partial charge in [0, 0.05) is 0 Å². The molecule has 6 heteroatoms. The van der Waals surface area contributed by atoms with Crippen LogP contribution in [-0.2, 0) is 6.54 Å². The Morgan fingerprint density at radius 3 is 2.68 bits per heavy atom. The van der Waals surface area contributed by atoms with Gasteiger partial charge in [-0.25, -0.2) is 0 Å². The molecule has 0 saturated carbocycles. The zero-order chi connectivity index (χ0) is 14.0. The van der Waals surface area contributed by atoms with Crippen molar-refractivity contribution < 1.29 is 9.21 Å². The van der Waals surface area contributed by atoms with Crippen LogP contribution in [0.1, 0.15) is 21.9 Å². The van der Waals surface area contributed by atoms with E-state index < -0.39 is 5.91 Å². The van der Waals surface area contributed by atoms with Crippen LogP contribution in [0, 0.1) is 6.92 Å². The topological polar surface area (TPSA) is 68.3 Å². The number of carbonyl (C=O) groups excluding carboxylic acids is 1. The largest absolute Gasteiger partial charge is 0.455 e. The normalized spacial score (nSPS) is 10.5. The summed E-state index contributed by atoms with van der Waals surface area (Å²) in [6.07, 6.45) is 0. The van der Waals surface area contributed by atoms with Crippen LogP contribution in [0.2, 0.25) is 10.0 Å². The minimum absolute atomic E-state index is 0.161. The Hall–Kier alpha value is -1.49. The Kier molecular flexibility index (Phi) is 4.14.